The predicted molar refractivity (Wildman–Crippen MR) is 266 cm³/mol. The molecule has 21 nitrogen and oxygen atoms in total. The van der Waals surface area contributed by atoms with Crippen LogP contribution < -0.4 is 26.0 Å². The number of carbonyl (C=O) groups excluding carboxylic acids is 6. The van der Waals surface area contributed by atoms with Crippen LogP contribution in [0.15, 0.2) is 75.6 Å². The Morgan fingerprint density at radius 2 is 1.04 bits per heavy atom. The third-order valence-corrected chi connectivity index (χ3v) is 11.8. The van der Waals surface area contributed by atoms with Crippen molar-refractivity contribution >= 4 is 48.4 Å². The average Bonchev–Trinajstić information content (AvgIpc) is 4.08. The number of carboxylic acids is 2. The van der Waals surface area contributed by atoms with Gasteiger partial charge >= 0.3 is 11.9 Å². The minimum atomic E-state index is -0.974. The van der Waals surface area contributed by atoms with Crippen LogP contribution in [0, 0.1) is 11.8 Å². The summed E-state index contributed by atoms with van der Waals surface area (Å²) in [5.41, 5.74) is 2.48. The first-order chi connectivity index (χ1) is 35.0. The van der Waals surface area contributed by atoms with Crippen LogP contribution in [0.25, 0.3) is 22.6 Å². The lowest BCUT2D eigenvalue weighted by molar-refractivity contribution is -0.169. The highest BCUT2D eigenvalue weighted by molar-refractivity contribution is 5.93. The molecule has 73 heavy (non-hydrogen) atoms. The monoisotopic (exact) mass is 1020 g/mol. The molecule has 0 aliphatic heterocycles. The maximum Gasteiger partial charge on any atom is 0.307 e. The van der Waals surface area contributed by atoms with E-state index in [2.05, 4.69) is 21.3 Å². The summed E-state index contributed by atoms with van der Waals surface area (Å²) in [7, 11) is 0. The summed E-state index contributed by atoms with van der Waals surface area (Å²) in [6.45, 7) is 9.49. The van der Waals surface area contributed by atoms with Gasteiger partial charge < -0.3 is 45.1 Å². The zero-order valence-corrected chi connectivity index (χ0v) is 42.1. The summed E-state index contributed by atoms with van der Waals surface area (Å²) in [5.74, 6) is -3.61. The molecule has 0 spiro atoms. The summed E-state index contributed by atoms with van der Waals surface area (Å²) in [4.78, 5) is 94.7. The number of furan rings is 2. The van der Waals surface area contributed by atoms with Gasteiger partial charge in [-0.25, -0.2) is 10.1 Å². The van der Waals surface area contributed by atoms with Crippen molar-refractivity contribution in [3.8, 4) is 28.4 Å². The molecule has 0 bridgehead atoms. The van der Waals surface area contributed by atoms with Crippen molar-refractivity contribution < 1.29 is 72.6 Å². The molecule has 398 valence electrons. The number of nitrogens with zero attached hydrogens (tertiary/aromatic N) is 2. The molecule has 6 amide bonds. The van der Waals surface area contributed by atoms with E-state index in [4.69, 9.17) is 23.8 Å². The van der Waals surface area contributed by atoms with E-state index in [-0.39, 0.29) is 49.5 Å². The van der Waals surface area contributed by atoms with Crippen LogP contribution >= 0.6 is 0 Å². The van der Waals surface area contributed by atoms with Gasteiger partial charge in [0.25, 0.3) is 11.8 Å². The highest BCUT2D eigenvalue weighted by Crippen LogP contribution is 2.30. The van der Waals surface area contributed by atoms with Crippen LogP contribution in [0.4, 0.5) is 0 Å². The predicted octanol–water partition coefficient (Wildman–Crippen LogP) is 6.80. The molecule has 0 radical (unpaired) electrons. The number of carbonyl (C=O) groups is 8. The zero-order valence-electron chi connectivity index (χ0n) is 42.1. The molecule has 4 aromatic rings. The SMILES string of the molecule is CCCCCC(C(=O)NCNC(=O)c1ccc(-c2ccc(CC(=O)O)c(OCC)c2)o1)[C@@H](CC)N(O)C=O.CCCCCC(C(=O)NCNC(=O)c1ccc(-c2ccc(CC(=O)O)cc2)o1)[C@@H](CC)N(O)C=O. The third kappa shape index (κ3) is 19.2. The Morgan fingerprint density at radius 3 is 1.45 bits per heavy atom. The number of hydrogen-bond donors (Lipinski definition) is 8. The number of rotatable bonds is 32. The second kappa shape index (κ2) is 31.7. The van der Waals surface area contributed by atoms with Gasteiger partial charge in [0, 0.05) is 16.7 Å². The highest BCUT2D eigenvalue weighted by Gasteiger charge is 2.32. The van der Waals surface area contributed by atoms with E-state index in [0.717, 1.165) is 38.5 Å². The van der Waals surface area contributed by atoms with E-state index >= 15 is 0 Å². The fraction of sp³-hybridized carbons (Fsp3) is 0.462. The topological polar surface area (TPSA) is 308 Å². The van der Waals surface area contributed by atoms with E-state index in [1.54, 1.807) is 75.4 Å². The summed E-state index contributed by atoms with van der Waals surface area (Å²) in [5, 5.41) is 49.3. The van der Waals surface area contributed by atoms with Crippen molar-refractivity contribution in [1.82, 2.24) is 31.4 Å². The lowest BCUT2D eigenvalue weighted by Gasteiger charge is -2.29. The number of hydroxylamine groups is 4. The van der Waals surface area contributed by atoms with Gasteiger partial charge in [-0.2, -0.15) is 0 Å². The molecule has 4 rings (SSSR count). The van der Waals surface area contributed by atoms with E-state index in [1.807, 2.05) is 13.8 Å². The van der Waals surface area contributed by atoms with Crippen LogP contribution in [0.2, 0.25) is 0 Å². The molecule has 2 heterocycles. The molecule has 0 fully saturated rings. The number of carboxylic acid groups (broad SMARTS) is 2. The number of nitrogens with one attached hydrogen (secondary N) is 4. The Bertz CT molecular complexity index is 2400. The molecule has 2 aromatic carbocycles. The smallest absolute Gasteiger partial charge is 0.307 e. The Kier molecular flexibility index (Phi) is 26.0. The minimum absolute atomic E-state index is 0.0234. The van der Waals surface area contributed by atoms with Gasteiger partial charge in [0.1, 0.15) is 17.3 Å². The minimum Gasteiger partial charge on any atom is -0.494 e. The number of benzene rings is 2. The summed E-state index contributed by atoms with van der Waals surface area (Å²) < 4.78 is 16.9. The molecule has 0 aliphatic carbocycles. The zero-order chi connectivity index (χ0) is 53.9. The van der Waals surface area contributed by atoms with Crippen LogP contribution in [0.3, 0.4) is 0 Å². The number of amides is 6. The highest BCUT2D eigenvalue weighted by atomic mass is 16.5. The summed E-state index contributed by atoms with van der Waals surface area (Å²) in [6.07, 6.45) is 7.42. The Hall–Kier alpha value is -7.52. The van der Waals surface area contributed by atoms with Crippen molar-refractivity contribution in [1.29, 1.82) is 0 Å². The lowest BCUT2D eigenvalue weighted by Crippen LogP contribution is -2.47. The fourth-order valence-electron chi connectivity index (χ4n) is 8.05. The van der Waals surface area contributed by atoms with Crippen LogP contribution in [0.1, 0.15) is 131 Å². The van der Waals surface area contributed by atoms with Gasteiger partial charge in [-0.1, -0.05) is 103 Å². The second-order valence-corrected chi connectivity index (χ2v) is 17.0. The lowest BCUT2D eigenvalue weighted by atomic mass is 9.90. The molecular formula is C52H70N6O15. The second-order valence-electron chi connectivity index (χ2n) is 17.0. The van der Waals surface area contributed by atoms with E-state index in [0.29, 0.717) is 94.8 Å². The molecule has 0 saturated heterocycles. The molecule has 2 unspecified atom stereocenters. The van der Waals surface area contributed by atoms with E-state index in [1.165, 1.54) is 12.1 Å². The van der Waals surface area contributed by atoms with Crippen molar-refractivity contribution in [3.05, 3.63) is 89.4 Å². The van der Waals surface area contributed by atoms with Gasteiger partial charge in [-0.3, -0.25) is 48.8 Å². The Balaban J connectivity index is 0.000000387. The van der Waals surface area contributed by atoms with Gasteiger partial charge in [0.05, 0.1) is 56.7 Å². The molecule has 0 aliphatic rings. The summed E-state index contributed by atoms with van der Waals surface area (Å²) >= 11 is 0. The van der Waals surface area contributed by atoms with Crippen molar-refractivity contribution in [3.63, 3.8) is 0 Å². The molecule has 2 aromatic heterocycles. The first-order valence-corrected chi connectivity index (χ1v) is 24.5. The molecule has 0 saturated carbocycles. The standard InChI is InChI=1S/C27H37N3O8.C25H33N3O7/c1-4-7-8-9-20(21(5-2)30(36)17-31)26(34)28-16-29-27(35)23-13-12-22(38-23)18-10-11-19(15-25(32)33)24(14-18)37-6-3;1-3-5-6-7-19(20(4-2)28(34)16-29)24(32)26-15-27-25(33)22-13-12-21(35-22)18-10-8-17(9-11-18)14-23(30)31/h10-14,17,20-21,36H,4-9,15-16H2,1-3H3,(H,28,34)(H,29,35)(H,32,33);8-13,16,19-20,34H,3-7,14-15H2,1-2H3,(H,26,32)(H,27,33)(H,30,31)/t20?,21-;19?,20-/m11/s1. The average molecular weight is 1020 g/mol. The normalized spacial score (nSPS) is 12.4. The number of ether oxygens (including phenoxy) is 1. The maximum absolute atomic E-state index is 12.9. The molecular weight excluding hydrogens is 949 g/mol. The van der Waals surface area contributed by atoms with Gasteiger partial charge in [0.2, 0.25) is 24.6 Å². The number of hydrogen-bond acceptors (Lipinski definition) is 13. The third-order valence-electron chi connectivity index (χ3n) is 11.8. The first-order valence-electron chi connectivity index (χ1n) is 24.5. The van der Waals surface area contributed by atoms with Gasteiger partial charge in [-0.05, 0) is 68.5 Å². The molecule has 21 heteroatoms. The largest absolute Gasteiger partial charge is 0.494 e. The summed E-state index contributed by atoms with van der Waals surface area (Å²) in [6, 6.07) is 16.7. The van der Waals surface area contributed by atoms with Crippen LogP contribution in [0.5, 0.6) is 5.75 Å². The molecule has 4 atom stereocenters. The van der Waals surface area contributed by atoms with Crippen LogP contribution in [-0.2, 0) is 41.6 Å². The fourth-order valence-corrected chi connectivity index (χ4v) is 8.05. The van der Waals surface area contributed by atoms with E-state index < -0.39 is 47.7 Å². The van der Waals surface area contributed by atoms with Crippen molar-refractivity contribution in [2.24, 2.45) is 11.8 Å². The Labute approximate surface area is 424 Å². The molecule has 8 N–H and O–H groups in total. The Morgan fingerprint density at radius 1 is 0.589 bits per heavy atom. The maximum atomic E-state index is 12.9. The quantitative estimate of drug-likeness (QED) is 0.00820. The van der Waals surface area contributed by atoms with Crippen LogP contribution in [-0.4, -0.2) is 111 Å². The number of unbranched alkanes of at least 4 members (excludes halogenated alkanes) is 4. The van der Waals surface area contributed by atoms with Gasteiger partial charge in [0.15, 0.2) is 11.5 Å². The van der Waals surface area contributed by atoms with Crippen molar-refractivity contribution in [2.75, 3.05) is 19.9 Å². The van der Waals surface area contributed by atoms with E-state index in [9.17, 15) is 48.8 Å². The van der Waals surface area contributed by atoms with Gasteiger partial charge in [-0.15, -0.1) is 0 Å². The van der Waals surface area contributed by atoms with Crippen molar-refractivity contribution in [2.45, 2.75) is 124 Å². The number of aliphatic carboxylic acids is 2. The first kappa shape index (κ1) is 59.8.